The number of hydrogen-bond donors (Lipinski definition) is 4. The van der Waals surface area contributed by atoms with Gasteiger partial charge in [-0.05, 0) is 19.5 Å². The van der Waals surface area contributed by atoms with E-state index in [-0.39, 0.29) is 81.0 Å². The number of likely N-dealkylation sites (N-methyl/N-ethyl adjacent to an activating group) is 1. The maximum Gasteiger partial charge on any atom is 0.373 e. The molecule has 0 aromatic heterocycles. The van der Waals surface area contributed by atoms with Crippen molar-refractivity contribution in [2.24, 2.45) is 50.2 Å². The summed E-state index contributed by atoms with van der Waals surface area (Å²) in [5.74, 6) is 1.32. The Balaban J connectivity index is -0.0000000915. The molecular formula is C38H76N4O9. The Bertz CT molecular complexity index is 972. The number of hydrogen-bond acceptors (Lipinski definition) is 13. The van der Waals surface area contributed by atoms with E-state index in [2.05, 4.69) is 5.32 Å². The summed E-state index contributed by atoms with van der Waals surface area (Å²) in [6, 6.07) is -0.310. The van der Waals surface area contributed by atoms with Crippen molar-refractivity contribution >= 4 is 41.2 Å². The van der Waals surface area contributed by atoms with Gasteiger partial charge in [0.05, 0.1) is 19.1 Å². The molecule has 0 saturated heterocycles. The first-order valence-corrected chi connectivity index (χ1v) is 17.0. The van der Waals surface area contributed by atoms with Gasteiger partial charge >= 0.3 is 12.3 Å². The molecule has 0 aromatic rings. The van der Waals surface area contributed by atoms with Gasteiger partial charge in [-0.2, -0.15) is 19.2 Å². The highest BCUT2D eigenvalue weighted by Crippen LogP contribution is 2.19. The van der Waals surface area contributed by atoms with Crippen molar-refractivity contribution in [3.8, 4) is 0 Å². The highest BCUT2D eigenvalue weighted by atomic mass is 16.2. The molecule has 0 aromatic carbocycles. The minimum absolute atomic E-state index is 0.109. The summed E-state index contributed by atoms with van der Waals surface area (Å²) in [6.07, 6.45) is 1.66. The van der Waals surface area contributed by atoms with Crippen molar-refractivity contribution in [3.63, 3.8) is 0 Å². The molecule has 0 aliphatic carbocycles. The average Bonchev–Trinajstić information content (AvgIpc) is 2.95. The maximum atomic E-state index is 11.5. The summed E-state index contributed by atoms with van der Waals surface area (Å²) in [5.41, 5.74) is 14.9. The van der Waals surface area contributed by atoms with Crippen LogP contribution in [0.25, 0.3) is 0 Å². The molecule has 0 aliphatic heterocycles. The lowest BCUT2D eigenvalue weighted by Crippen LogP contribution is -2.42. The monoisotopic (exact) mass is 733 g/mol. The number of rotatable bonds is 8. The highest BCUT2D eigenvalue weighted by molar-refractivity contribution is 5.88. The van der Waals surface area contributed by atoms with Crippen molar-refractivity contribution < 1.29 is 43.2 Å². The molecule has 7 N–H and O–H groups in total. The number of Topliss-reactive ketones (excluding diaryl/α,β-unsaturated/α-hetero) is 5. The molecule has 0 rings (SSSR count). The van der Waals surface area contributed by atoms with Crippen LogP contribution < -0.4 is 22.5 Å². The molecule has 0 spiro atoms. The van der Waals surface area contributed by atoms with Gasteiger partial charge in [-0.25, -0.2) is 0 Å². The van der Waals surface area contributed by atoms with Crippen molar-refractivity contribution in [1.82, 2.24) is 5.32 Å². The van der Waals surface area contributed by atoms with E-state index in [0.717, 1.165) is 0 Å². The second-order valence-corrected chi connectivity index (χ2v) is 16.9. The van der Waals surface area contributed by atoms with Crippen LogP contribution in [0.2, 0.25) is 0 Å². The Morgan fingerprint density at radius 3 is 0.922 bits per heavy atom. The van der Waals surface area contributed by atoms with Gasteiger partial charge in [0.1, 0.15) is 11.6 Å². The van der Waals surface area contributed by atoms with Crippen LogP contribution in [0.3, 0.4) is 0 Å². The Hall–Kier alpha value is -3.05. The molecule has 51 heavy (non-hydrogen) atoms. The van der Waals surface area contributed by atoms with E-state index in [9.17, 15) is 24.0 Å². The van der Waals surface area contributed by atoms with E-state index in [1.165, 1.54) is 0 Å². The van der Waals surface area contributed by atoms with Gasteiger partial charge in [-0.3, -0.25) is 24.0 Å². The third-order valence-electron chi connectivity index (χ3n) is 6.32. The summed E-state index contributed by atoms with van der Waals surface area (Å²) in [7, 11) is 1.78. The van der Waals surface area contributed by atoms with Crippen LogP contribution in [0.5, 0.6) is 0 Å². The highest BCUT2D eigenvalue weighted by Gasteiger charge is 2.28. The molecule has 0 amide bonds. The molecule has 302 valence electrons. The first kappa shape index (κ1) is 63.0. The normalized spacial score (nSPS) is 11.3. The van der Waals surface area contributed by atoms with Gasteiger partial charge in [-0.15, -0.1) is 0 Å². The number of carbonyl (C=O) groups excluding carboxylic acids is 9. The second kappa shape index (κ2) is 31.7. The Morgan fingerprint density at radius 1 is 0.569 bits per heavy atom. The summed E-state index contributed by atoms with van der Waals surface area (Å²) in [4.78, 5) is 87.5. The minimum Gasteiger partial charge on any atom is -0.330 e. The van der Waals surface area contributed by atoms with E-state index in [1.54, 1.807) is 7.05 Å². The van der Waals surface area contributed by atoms with Gasteiger partial charge in [0.15, 0.2) is 17.3 Å². The van der Waals surface area contributed by atoms with Crippen LogP contribution in [0, 0.1) is 33.0 Å². The molecule has 0 saturated carbocycles. The number of ketones is 5. The average molecular weight is 733 g/mol. The summed E-state index contributed by atoms with van der Waals surface area (Å²) < 4.78 is 0. The molecule has 0 aliphatic rings. The smallest absolute Gasteiger partial charge is 0.330 e. The first-order chi connectivity index (χ1) is 22.5. The minimum atomic E-state index is -0.310. The van der Waals surface area contributed by atoms with Gasteiger partial charge in [0, 0.05) is 39.9 Å². The summed E-state index contributed by atoms with van der Waals surface area (Å²) in [6.45, 7) is 35.5. The number of nitrogens with one attached hydrogen (secondary N) is 1. The molecule has 0 bridgehead atoms. The van der Waals surface area contributed by atoms with Gasteiger partial charge < -0.3 is 22.5 Å². The topological polar surface area (TPSA) is 244 Å². The zero-order valence-corrected chi connectivity index (χ0v) is 35.6. The number of carbonyl (C=O) groups is 5. The lowest BCUT2D eigenvalue weighted by atomic mass is 9.83. The fraction of sp³-hybridized carbons (Fsp3) is 0.816. The van der Waals surface area contributed by atoms with Crippen molar-refractivity contribution in [2.75, 3.05) is 26.7 Å². The Kier molecular flexibility index (Phi) is 39.1. The molecule has 13 heteroatoms. The lowest BCUT2D eigenvalue weighted by molar-refractivity contribution is -0.193. The van der Waals surface area contributed by atoms with Crippen LogP contribution in [0.15, 0.2) is 0 Å². The molecule has 1 atom stereocenters. The molecule has 0 heterocycles. The predicted molar refractivity (Wildman–Crippen MR) is 202 cm³/mol. The Morgan fingerprint density at radius 2 is 0.863 bits per heavy atom. The molecule has 13 nitrogen and oxygen atoms in total. The zero-order valence-electron chi connectivity index (χ0n) is 35.6. The Labute approximate surface area is 309 Å². The SMILES string of the molecule is CC(C)(C)C(=O)CCN.CC(C)(C)C(=O)CN.CC(C)[C@H](N)C(=O)C(C)(C)C.CCC(=O)C(C)(C)C.CNCC(=O)C(C)(C)C.O=C=O.O=C=O. The van der Waals surface area contributed by atoms with Gasteiger partial charge in [-0.1, -0.05) is 125 Å². The molecule has 0 unspecified atom stereocenters. The van der Waals surface area contributed by atoms with Gasteiger partial charge in [0.2, 0.25) is 0 Å². The van der Waals surface area contributed by atoms with E-state index in [4.69, 9.17) is 36.4 Å². The van der Waals surface area contributed by atoms with Crippen LogP contribution in [-0.2, 0) is 43.2 Å². The standard InChI is InChI=1S/C9H19NO.2C7H15NO.C7H14O.C6H13NO.2CO2/c1-6(2)7(10)8(11)9(3,4)5;1-7(2,3)6(9)5-8-4;1-7(2,3)6(9)4-5-8;1-5-6(8)7(2,3)4;1-6(2,3)5(8)4-7;2*2-1-3/h6-7H,10H2,1-5H3;8H,5H2,1-4H3;4-5,8H2,1-3H3;5H2,1-4H3;4,7H2,1-3H3;;/t7-;;;;;;/m0....../s1. The van der Waals surface area contributed by atoms with Crippen LogP contribution in [0.4, 0.5) is 0 Å². The van der Waals surface area contributed by atoms with E-state index >= 15 is 0 Å². The zero-order chi connectivity index (χ0) is 43.2. The lowest BCUT2D eigenvalue weighted by Gasteiger charge is -2.23. The molecular weight excluding hydrogens is 656 g/mol. The van der Waals surface area contributed by atoms with Crippen molar-refractivity contribution in [1.29, 1.82) is 0 Å². The fourth-order valence-corrected chi connectivity index (χ4v) is 2.57. The van der Waals surface area contributed by atoms with E-state index < -0.39 is 0 Å². The van der Waals surface area contributed by atoms with Crippen molar-refractivity contribution in [3.05, 3.63) is 0 Å². The predicted octanol–water partition coefficient (Wildman–Crippen LogP) is 4.76. The number of nitrogens with two attached hydrogens (primary N) is 3. The maximum absolute atomic E-state index is 11.5. The van der Waals surface area contributed by atoms with E-state index in [1.807, 2.05) is 125 Å². The summed E-state index contributed by atoms with van der Waals surface area (Å²) in [5, 5.41) is 2.82. The van der Waals surface area contributed by atoms with Crippen LogP contribution in [0.1, 0.15) is 137 Å². The van der Waals surface area contributed by atoms with Crippen LogP contribution >= 0.6 is 0 Å². The summed E-state index contributed by atoms with van der Waals surface area (Å²) >= 11 is 0. The quantitative estimate of drug-likeness (QED) is 0.263. The van der Waals surface area contributed by atoms with Gasteiger partial charge in [0.25, 0.3) is 0 Å². The van der Waals surface area contributed by atoms with Crippen molar-refractivity contribution in [2.45, 2.75) is 144 Å². The third kappa shape index (κ3) is 46.9. The first-order valence-electron chi connectivity index (χ1n) is 17.0. The largest absolute Gasteiger partial charge is 0.373 e. The fourth-order valence-electron chi connectivity index (χ4n) is 2.57. The second-order valence-electron chi connectivity index (χ2n) is 16.9. The van der Waals surface area contributed by atoms with Crippen LogP contribution in [-0.4, -0.2) is 73.9 Å². The van der Waals surface area contributed by atoms with E-state index in [0.29, 0.717) is 31.7 Å². The molecule has 0 radical (unpaired) electrons. The molecule has 0 fully saturated rings. The third-order valence-corrected chi connectivity index (χ3v) is 6.32.